The fourth-order valence-corrected chi connectivity index (χ4v) is 2.55. The van der Waals surface area contributed by atoms with Gasteiger partial charge in [0, 0.05) is 12.0 Å². The normalized spacial score (nSPS) is 12.0. The van der Waals surface area contributed by atoms with E-state index in [-0.39, 0.29) is 28.3 Å². The molecule has 2 aromatic rings. The number of nitrogen functional groups attached to an aromatic ring is 1. The summed E-state index contributed by atoms with van der Waals surface area (Å²) in [4.78, 5) is 23.8. The minimum atomic E-state index is -0.501. The molecule has 4 N–H and O–H groups in total. The third-order valence-corrected chi connectivity index (χ3v) is 4.20. The number of hydrazine groups is 1. The number of nitrogens with one attached hydrogen (secondary N) is 1. The lowest BCUT2D eigenvalue weighted by molar-refractivity contribution is 0.0300. The second kappa shape index (κ2) is 9.75. The van der Waals surface area contributed by atoms with Crippen molar-refractivity contribution in [3.63, 3.8) is 0 Å². The first-order valence-electron chi connectivity index (χ1n) is 8.41. The van der Waals surface area contributed by atoms with Crippen molar-refractivity contribution < 1.29 is 19.4 Å². The Morgan fingerprint density at radius 3 is 2.70 bits per heavy atom. The maximum atomic E-state index is 12.2. The second-order valence-electron chi connectivity index (χ2n) is 5.84. The van der Waals surface area contributed by atoms with Gasteiger partial charge in [-0.3, -0.25) is 10.2 Å². The van der Waals surface area contributed by atoms with Crippen molar-refractivity contribution in [2.75, 3.05) is 0 Å². The van der Waals surface area contributed by atoms with Crippen LogP contribution in [0.1, 0.15) is 46.0 Å². The maximum absolute atomic E-state index is 12.2. The molecule has 2 rings (SSSR count). The van der Waals surface area contributed by atoms with Crippen molar-refractivity contribution in [1.29, 1.82) is 0 Å². The fourth-order valence-electron chi connectivity index (χ4n) is 2.37. The summed E-state index contributed by atoms with van der Waals surface area (Å²) in [6, 6.07) is 11.2. The van der Waals surface area contributed by atoms with Gasteiger partial charge >= 0.3 is 5.97 Å². The van der Waals surface area contributed by atoms with Crippen LogP contribution in [0.15, 0.2) is 48.5 Å². The Balaban J connectivity index is 1.98. The molecule has 0 aliphatic carbocycles. The van der Waals surface area contributed by atoms with Crippen LogP contribution in [0.25, 0.3) is 6.08 Å². The molecule has 6 nitrogen and oxygen atoms in total. The van der Waals surface area contributed by atoms with Crippen LogP contribution in [0.3, 0.4) is 0 Å². The van der Waals surface area contributed by atoms with Crippen molar-refractivity contribution in [1.82, 2.24) is 5.43 Å². The number of amides is 1. The molecule has 0 saturated carbocycles. The van der Waals surface area contributed by atoms with E-state index in [1.165, 1.54) is 18.2 Å². The van der Waals surface area contributed by atoms with Crippen LogP contribution in [-0.4, -0.2) is 23.1 Å². The van der Waals surface area contributed by atoms with Gasteiger partial charge in [-0.05, 0) is 42.3 Å². The molecule has 0 aliphatic heterocycles. The first-order chi connectivity index (χ1) is 12.9. The molecular weight excluding hydrogens is 368 g/mol. The minimum absolute atomic E-state index is 0.0891. The van der Waals surface area contributed by atoms with Gasteiger partial charge in [-0.15, -0.1) is 0 Å². The van der Waals surface area contributed by atoms with E-state index in [2.05, 4.69) is 5.43 Å². The molecule has 0 fully saturated rings. The summed E-state index contributed by atoms with van der Waals surface area (Å²) in [5, 5.41) is 9.52. The van der Waals surface area contributed by atoms with Crippen LogP contribution in [0.4, 0.5) is 0 Å². The van der Waals surface area contributed by atoms with E-state index in [4.69, 9.17) is 22.2 Å². The first kappa shape index (κ1) is 20.5. The Morgan fingerprint density at radius 2 is 2.04 bits per heavy atom. The topological polar surface area (TPSA) is 102 Å². The summed E-state index contributed by atoms with van der Waals surface area (Å²) in [5.41, 5.74) is 3.67. The number of aromatic hydroxyl groups is 1. The number of halogens is 1. The monoisotopic (exact) mass is 388 g/mol. The van der Waals surface area contributed by atoms with Gasteiger partial charge in [-0.2, -0.15) is 0 Å². The summed E-state index contributed by atoms with van der Waals surface area (Å²) in [6.07, 6.45) is 4.57. The molecule has 0 radical (unpaired) electrons. The third-order valence-electron chi connectivity index (χ3n) is 3.90. The summed E-state index contributed by atoms with van der Waals surface area (Å²) in [7, 11) is 0. The fraction of sp³-hybridized carbons (Fsp3) is 0.200. The van der Waals surface area contributed by atoms with Crippen molar-refractivity contribution in [3.8, 4) is 5.75 Å². The number of carbonyl (C=O) groups excluding carboxylic acids is 2. The van der Waals surface area contributed by atoms with Crippen LogP contribution in [0.2, 0.25) is 5.02 Å². The Bertz CT molecular complexity index is 852. The molecule has 0 saturated heterocycles. The maximum Gasteiger partial charge on any atom is 0.338 e. The quantitative estimate of drug-likeness (QED) is 0.290. The molecular formula is C20H21ClN2O4. The Morgan fingerprint density at radius 1 is 1.26 bits per heavy atom. The molecule has 7 heteroatoms. The largest absolute Gasteiger partial charge is 0.506 e. The number of benzene rings is 2. The molecule has 142 valence electrons. The molecule has 1 amide bonds. The van der Waals surface area contributed by atoms with Gasteiger partial charge in [0.15, 0.2) is 0 Å². The van der Waals surface area contributed by atoms with Crippen molar-refractivity contribution in [2.45, 2.75) is 25.9 Å². The van der Waals surface area contributed by atoms with Crippen molar-refractivity contribution in [3.05, 3.63) is 70.3 Å². The number of nitrogens with two attached hydrogens (primary N) is 1. The molecule has 0 bridgehead atoms. The highest BCUT2D eigenvalue weighted by Gasteiger charge is 2.14. The SMILES string of the molecule is CCC(CC=Cc1cccc(C(=O)NN)c1)OC(=O)c1ccc(O)c(Cl)c1. The number of carbonyl (C=O) groups is 2. The van der Waals surface area contributed by atoms with E-state index in [1.54, 1.807) is 18.2 Å². The molecule has 0 spiro atoms. The lowest BCUT2D eigenvalue weighted by atomic mass is 10.1. The van der Waals surface area contributed by atoms with Gasteiger partial charge in [0.1, 0.15) is 11.9 Å². The number of esters is 1. The molecule has 0 aliphatic rings. The number of phenols is 1. The van der Waals surface area contributed by atoms with Gasteiger partial charge in [0.25, 0.3) is 5.91 Å². The predicted octanol–water partition coefficient (Wildman–Crippen LogP) is 3.69. The molecule has 27 heavy (non-hydrogen) atoms. The highest BCUT2D eigenvalue weighted by Crippen LogP contribution is 2.24. The molecule has 1 atom stereocenters. The number of ether oxygens (including phenoxy) is 1. The molecule has 1 unspecified atom stereocenters. The van der Waals surface area contributed by atoms with Gasteiger partial charge in [0.05, 0.1) is 10.6 Å². The zero-order valence-corrected chi connectivity index (χ0v) is 15.6. The smallest absolute Gasteiger partial charge is 0.338 e. The van der Waals surface area contributed by atoms with E-state index in [0.717, 1.165) is 5.56 Å². The predicted molar refractivity (Wildman–Crippen MR) is 104 cm³/mol. The summed E-state index contributed by atoms with van der Waals surface area (Å²) in [5.74, 6) is 4.18. The van der Waals surface area contributed by atoms with Crippen LogP contribution in [-0.2, 0) is 4.74 Å². The van der Waals surface area contributed by atoms with Crippen LogP contribution in [0.5, 0.6) is 5.75 Å². The molecule has 0 heterocycles. The average Bonchev–Trinajstić information content (AvgIpc) is 2.68. The highest BCUT2D eigenvalue weighted by atomic mass is 35.5. The Labute approximate surface area is 162 Å². The number of phenolic OH excluding ortho intramolecular Hbond substituents is 1. The van der Waals surface area contributed by atoms with E-state index in [1.807, 2.05) is 25.1 Å². The summed E-state index contributed by atoms with van der Waals surface area (Å²) in [6.45, 7) is 1.92. The Hall–Kier alpha value is -2.83. The standard InChI is InChI=1S/C20H21ClN2O4/c1-2-16(27-20(26)15-9-10-18(24)17(21)12-15)8-4-6-13-5-3-7-14(11-13)19(25)23-22/h3-7,9-12,16,24H,2,8,22H2,1H3,(H,23,25). The van der Waals surface area contributed by atoms with Gasteiger partial charge in [0.2, 0.25) is 0 Å². The van der Waals surface area contributed by atoms with E-state index in [0.29, 0.717) is 18.4 Å². The second-order valence-corrected chi connectivity index (χ2v) is 6.25. The van der Waals surface area contributed by atoms with E-state index >= 15 is 0 Å². The average molecular weight is 389 g/mol. The lowest BCUT2D eigenvalue weighted by Crippen LogP contribution is -2.29. The molecule has 2 aromatic carbocycles. The summed E-state index contributed by atoms with van der Waals surface area (Å²) >= 11 is 5.82. The van der Waals surface area contributed by atoms with E-state index < -0.39 is 5.97 Å². The number of rotatable bonds is 7. The van der Waals surface area contributed by atoms with Crippen LogP contribution < -0.4 is 11.3 Å². The summed E-state index contributed by atoms with van der Waals surface area (Å²) < 4.78 is 5.49. The van der Waals surface area contributed by atoms with Crippen molar-refractivity contribution in [2.24, 2.45) is 5.84 Å². The zero-order valence-electron chi connectivity index (χ0n) is 14.8. The third kappa shape index (κ3) is 5.84. The highest BCUT2D eigenvalue weighted by molar-refractivity contribution is 6.32. The van der Waals surface area contributed by atoms with Crippen LogP contribution >= 0.6 is 11.6 Å². The number of hydrogen-bond acceptors (Lipinski definition) is 5. The Kier molecular flexibility index (Phi) is 7.40. The van der Waals surface area contributed by atoms with Gasteiger partial charge < -0.3 is 9.84 Å². The van der Waals surface area contributed by atoms with Crippen molar-refractivity contribution >= 4 is 29.6 Å². The first-order valence-corrected chi connectivity index (χ1v) is 8.79. The van der Waals surface area contributed by atoms with E-state index in [9.17, 15) is 14.7 Å². The van der Waals surface area contributed by atoms with Gasteiger partial charge in [-0.1, -0.05) is 42.8 Å². The molecule has 0 aromatic heterocycles. The minimum Gasteiger partial charge on any atom is -0.506 e. The number of hydrogen-bond donors (Lipinski definition) is 3. The zero-order chi connectivity index (χ0) is 19.8. The lowest BCUT2D eigenvalue weighted by Gasteiger charge is -2.14. The van der Waals surface area contributed by atoms with Crippen LogP contribution in [0, 0.1) is 0 Å². The van der Waals surface area contributed by atoms with Gasteiger partial charge in [-0.25, -0.2) is 10.6 Å².